The lowest BCUT2D eigenvalue weighted by Crippen LogP contribution is -2.49. The van der Waals surface area contributed by atoms with Crippen molar-refractivity contribution in [3.8, 4) is 5.75 Å². The number of anilines is 1. The van der Waals surface area contributed by atoms with E-state index in [2.05, 4.69) is 0 Å². The van der Waals surface area contributed by atoms with Crippen molar-refractivity contribution in [2.45, 2.75) is 52.2 Å². The highest BCUT2D eigenvalue weighted by molar-refractivity contribution is 5.99. The summed E-state index contributed by atoms with van der Waals surface area (Å²) in [7, 11) is 1.61. The molecule has 1 aliphatic rings. The van der Waals surface area contributed by atoms with E-state index in [0.29, 0.717) is 19.5 Å². The molecule has 1 atom stereocenters. The van der Waals surface area contributed by atoms with Gasteiger partial charge in [0.05, 0.1) is 7.11 Å². The summed E-state index contributed by atoms with van der Waals surface area (Å²) in [4.78, 5) is 28.7. The Morgan fingerprint density at radius 3 is 2.40 bits per heavy atom. The smallest absolute Gasteiger partial charge is 0.410 e. The van der Waals surface area contributed by atoms with Gasteiger partial charge in [0.15, 0.2) is 0 Å². The summed E-state index contributed by atoms with van der Waals surface area (Å²) in [5, 5.41) is 0. The van der Waals surface area contributed by atoms with Gasteiger partial charge in [-0.2, -0.15) is 0 Å². The van der Waals surface area contributed by atoms with Gasteiger partial charge in [0.25, 0.3) is 0 Å². The Labute approximate surface area is 149 Å². The van der Waals surface area contributed by atoms with Gasteiger partial charge in [0.1, 0.15) is 17.4 Å². The van der Waals surface area contributed by atoms with E-state index in [0.717, 1.165) is 17.9 Å². The molecule has 2 rings (SSSR count). The van der Waals surface area contributed by atoms with Gasteiger partial charge in [0.2, 0.25) is 5.91 Å². The number of hydrogen-bond acceptors (Lipinski definition) is 4. The van der Waals surface area contributed by atoms with Crippen LogP contribution in [0.5, 0.6) is 5.75 Å². The molecule has 0 spiro atoms. The summed E-state index contributed by atoms with van der Waals surface area (Å²) in [5.74, 6) is 0.666. The minimum atomic E-state index is -0.576. The lowest BCUT2D eigenvalue weighted by atomic mass is 10.1. The van der Waals surface area contributed by atoms with Crippen molar-refractivity contribution in [1.29, 1.82) is 0 Å². The predicted octanol–water partition coefficient (Wildman–Crippen LogP) is 3.45. The second-order valence-electron chi connectivity index (χ2n) is 7.11. The van der Waals surface area contributed by atoms with Crippen LogP contribution in [-0.4, -0.2) is 48.7 Å². The normalized spacial score (nSPS) is 17.3. The molecule has 1 unspecified atom stereocenters. The first kappa shape index (κ1) is 19.1. The molecule has 1 heterocycles. The van der Waals surface area contributed by atoms with Gasteiger partial charge in [-0.25, -0.2) is 4.79 Å². The van der Waals surface area contributed by atoms with Gasteiger partial charge in [-0.3, -0.25) is 9.69 Å². The van der Waals surface area contributed by atoms with Crippen molar-refractivity contribution < 1.29 is 19.1 Å². The molecule has 6 nitrogen and oxygen atoms in total. The molecule has 0 aromatic heterocycles. The highest BCUT2D eigenvalue weighted by atomic mass is 16.6. The zero-order valence-corrected chi connectivity index (χ0v) is 15.7. The van der Waals surface area contributed by atoms with Crippen molar-refractivity contribution >= 4 is 17.7 Å². The average molecular weight is 348 g/mol. The highest BCUT2D eigenvalue weighted by Gasteiger charge is 2.38. The maximum Gasteiger partial charge on any atom is 0.410 e. The lowest BCUT2D eigenvalue weighted by molar-refractivity contribution is -0.122. The number of likely N-dealkylation sites (N-methyl/N-ethyl adjacent to an activating group) is 1. The molecule has 0 saturated carbocycles. The topological polar surface area (TPSA) is 59.1 Å². The van der Waals surface area contributed by atoms with Gasteiger partial charge in [-0.1, -0.05) is 0 Å². The molecule has 1 aliphatic heterocycles. The third-order valence-corrected chi connectivity index (χ3v) is 4.13. The van der Waals surface area contributed by atoms with Crippen molar-refractivity contribution in [2.24, 2.45) is 0 Å². The fraction of sp³-hybridized carbons (Fsp3) is 0.579. The first-order valence-corrected chi connectivity index (χ1v) is 8.72. The van der Waals surface area contributed by atoms with Gasteiger partial charge < -0.3 is 14.4 Å². The summed E-state index contributed by atoms with van der Waals surface area (Å²) < 4.78 is 10.6. The van der Waals surface area contributed by atoms with E-state index in [1.165, 1.54) is 0 Å². The number of amides is 2. The quantitative estimate of drug-likeness (QED) is 0.836. The molecule has 0 N–H and O–H groups in total. The third-order valence-electron chi connectivity index (χ3n) is 4.13. The number of hydrogen-bond donors (Lipinski definition) is 0. The molecular weight excluding hydrogens is 320 g/mol. The lowest BCUT2D eigenvalue weighted by Gasteiger charge is -2.31. The number of ether oxygens (including phenoxy) is 2. The number of rotatable bonds is 4. The summed E-state index contributed by atoms with van der Waals surface area (Å²) in [6.07, 6.45) is 1.04. The zero-order chi connectivity index (χ0) is 18.6. The fourth-order valence-corrected chi connectivity index (χ4v) is 2.97. The Morgan fingerprint density at radius 1 is 1.24 bits per heavy atom. The molecule has 138 valence electrons. The van der Waals surface area contributed by atoms with Crippen LogP contribution in [0.25, 0.3) is 0 Å². The third kappa shape index (κ3) is 4.65. The van der Waals surface area contributed by atoms with Crippen LogP contribution >= 0.6 is 0 Å². The average Bonchev–Trinajstić information content (AvgIpc) is 3.04. The molecule has 0 bridgehead atoms. The second kappa shape index (κ2) is 7.76. The molecule has 25 heavy (non-hydrogen) atoms. The maximum atomic E-state index is 13.1. The number of carbonyl (C=O) groups is 2. The zero-order valence-electron chi connectivity index (χ0n) is 15.7. The summed E-state index contributed by atoms with van der Waals surface area (Å²) in [6, 6.07) is 6.88. The molecule has 1 saturated heterocycles. The van der Waals surface area contributed by atoms with Crippen LogP contribution in [0, 0.1) is 0 Å². The van der Waals surface area contributed by atoms with Crippen molar-refractivity contribution in [3.05, 3.63) is 24.3 Å². The molecule has 1 aromatic rings. The van der Waals surface area contributed by atoms with Crippen LogP contribution in [0.1, 0.15) is 40.5 Å². The van der Waals surface area contributed by atoms with E-state index in [-0.39, 0.29) is 5.91 Å². The van der Waals surface area contributed by atoms with Gasteiger partial charge in [-0.15, -0.1) is 0 Å². The Kier molecular flexibility index (Phi) is 5.93. The summed E-state index contributed by atoms with van der Waals surface area (Å²) >= 11 is 0. The van der Waals surface area contributed by atoms with Gasteiger partial charge in [-0.05, 0) is 64.8 Å². The minimum absolute atomic E-state index is 0.0731. The molecule has 1 fully saturated rings. The Morgan fingerprint density at radius 2 is 1.88 bits per heavy atom. The van der Waals surface area contributed by atoms with E-state index in [4.69, 9.17) is 9.47 Å². The highest BCUT2D eigenvalue weighted by Crippen LogP contribution is 2.26. The molecule has 6 heteroatoms. The minimum Gasteiger partial charge on any atom is -0.497 e. The molecule has 2 amide bonds. The number of nitrogens with zero attached hydrogens (tertiary/aromatic N) is 2. The Hall–Kier alpha value is -2.24. The van der Waals surface area contributed by atoms with Crippen LogP contribution in [0.15, 0.2) is 24.3 Å². The largest absolute Gasteiger partial charge is 0.497 e. The second-order valence-corrected chi connectivity index (χ2v) is 7.11. The first-order chi connectivity index (χ1) is 11.8. The predicted molar refractivity (Wildman–Crippen MR) is 97.0 cm³/mol. The van der Waals surface area contributed by atoms with E-state index < -0.39 is 17.7 Å². The summed E-state index contributed by atoms with van der Waals surface area (Å²) in [5.41, 5.74) is 0.220. The molecule has 0 radical (unpaired) electrons. The number of benzene rings is 1. The number of methoxy groups -OCH3 is 1. The van der Waals surface area contributed by atoms with Crippen molar-refractivity contribution in [2.75, 3.05) is 25.1 Å². The van der Waals surface area contributed by atoms with Crippen LogP contribution in [0.2, 0.25) is 0 Å². The molecular formula is C19H28N2O4. The van der Waals surface area contributed by atoms with E-state index >= 15 is 0 Å². The molecule has 0 aliphatic carbocycles. The Balaban J connectivity index is 2.16. The number of carbonyl (C=O) groups excluding carboxylic acids is 2. The summed E-state index contributed by atoms with van der Waals surface area (Å²) in [6.45, 7) is 8.48. The van der Waals surface area contributed by atoms with Gasteiger partial charge >= 0.3 is 6.09 Å². The van der Waals surface area contributed by atoms with Crippen LogP contribution in [0.4, 0.5) is 10.5 Å². The maximum absolute atomic E-state index is 13.1. The van der Waals surface area contributed by atoms with E-state index in [9.17, 15) is 9.59 Å². The van der Waals surface area contributed by atoms with E-state index in [1.54, 1.807) is 16.9 Å². The van der Waals surface area contributed by atoms with Crippen molar-refractivity contribution in [3.63, 3.8) is 0 Å². The number of likely N-dealkylation sites (tertiary alicyclic amines) is 1. The SMILES string of the molecule is CCN(C(=O)C1CCCN1C(=O)OC(C)(C)C)c1ccc(OC)cc1. The van der Waals surface area contributed by atoms with Crippen LogP contribution in [0.3, 0.4) is 0 Å². The molecule has 1 aromatic carbocycles. The van der Waals surface area contributed by atoms with Crippen LogP contribution < -0.4 is 9.64 Å². The van der Waals surface area contributed by atoms with Crippen LogP contribution in [-0.2, 0) is 9.53 Å². The van der Waals surface area contributed by atoms with Gasteiger partial charge in [0, 0.05) is 18.8 Å². The Bertz CT molecular complexity index is 607. The fourth-order valence-electron chi connectivity index (χ4n) is 2.97. The van der Waals surface area contributed by atoms with Crippen molar-refractivity contribution in [1.82, 2.24) is 4.90 Å². The standard InChI is InChI=1S/C19H28N2O4/c1-6-20(14-9-11-15(24-5)12-10-14)17(22)16-8-7-13-21(16)18(23)25-19(2,3)4/h9-12,16H,6-8,13H2,1-5H3. The monoisotopic (exact) mass is 348 g/mol. The van der Waals surface area contributed by atoms with E-state index in [1.807, 2.05) is 52.0 Å². The first-order valence-electron chi connectivity index (χ1n) is 8.72.